The Morgan fingerprint density at radius 1 is 0.974 bits per heavy atom. The van der Waals surface area contributed by atoms with Crippen LogP contribution < -0.4 is 21.5 Å². The lowest BCUT2D eigenvalue weighted by molar-refractivity contribution is -0.274. The fourth-order valence-corrected chi connectivity index (χ4v) is 3.84. The molecule has 0 radical (unpaired) electrons. The van der Waals surface area contributed by atoms with Crippen LogP contribution in [0.4, 0.5) is 13.2 Å². The summed E-state index contributed by atoms with van der Waals surface area (Å²) in [6.45, 7) is 0.316. The van der Waals surface area contributed by atoms with Crippen LogP contribution in [-0.4, -0.2) is 28.1 Å². The Labute approximate surface area is 215 Å². The van der Waals surface area contributed by atoms with Gasteiger partial charge < -0.3 is 26.5 Å². The number of para-hydroxylation sites is 1. The number of aromatic nitrogens is 2. The average Bonchev–Trinajstić information content (AvgIpc) is 3.39. The number of H-pyrrole nitrogens is 1. The van der Waals surface area contributed by atoms with Crippen molar-refractivity contribution in [3.8, 4) is 17.0 Å². The minimum absolute atomic E-state index is 0.0492. The highest BCUT2D eigenvalue weighted by molar-refractivity contribution is 5.94. The van der Waals surface area contributed by atoms with E-state index in [1.807, 2.05) is 0 Å². The predicted octanol–water partition coefficient (Wildman–Crippen LogP) is 4.25. The van der Waals surface area contributed by atoms with Crippen LogP contribution in [0, 0.1) is 0 Å². The first kappa shape index (κ1) is 26.4. The van der Waals surface area contributed by atoms with Gasteiger partial charge >= 0.3 is 6.36 Å². The van der Waals surface area contributed by atoms with Crippen LogP contribution in [0.2, 0.25) is 0 Å². The third-order valence-electron chi connectivity index (χ3n) is 5.79. The smallest absolute Gasteiger partial charge is 0.406 e. The molecule has 3 aromatic carbocycles. The summed E-state index contributed by atoms with van der Waals surface area (Å²) in [6, 6.07) is 18.0. The number of hydrogen-bond acceptors (Lipinski definition) is 5. The van der Waals surface area contributed by atoms with Gasteiger partial charge in [-0.2, -0.15) is 0 Å². The number of nitrogens with two attached hydrogens (primary N) is 2. The molecule has 0 fully saturated rings. The summed E-state index contributed by atoms with van der Waals surface area (Å²) in [5.74, 6) is -1.08. The first-order chi connectivity index (χ1) is 18.1. The molecule has 0 spiro atoms. The number of amides is 2. The molecule has 0 unspecified atom stereocenters. The molecule has 1 heterocycles. The fourth-order valence-electron chi connectivity index (χ4n) is 3.84. The second-order valence-electron chi connectivity index (χ2n) is 8.41. The second-order valence-corrected chi connectivity index (χ2v) is 8.41. The topological polar surface area (TPSA) is 136 Å². The SMILES string of the molecule is NCc1ccc(C(=O)N[C@@H](Cc2ccccc2OC(F)(F)F)c2ncc(-c3ccc(C(N)=O)cc3)[nH]2)cc1. The second kappa shape index (κ2) is 11.2. The number of ether oxygens (including phenoxy) is 1. The summed E-state index contributed by atoms with van der Waals surface area (Å²) in [5, 5.41) is 2.85. The van der Waals surface area contributed by atoms with Crippen LogP contribution in [-0.2, 0) is 13.0 Å². The zero-order valence-corrected chi connectivity index (χ0v) is 20.0. The van der Waals surface area contributed by atoms with Crippen LogP contribution in [0.3, 0.4) is 0 Å². The van der Waals surface area contributed by atoms with Crippen molar-refractivity contribution in [2.75, 3.05) is 0 Å². The monoisotopic (exact) mass is 523 g/mol. The molecular weight excluding hydrogens is 499 g/mol. The molecule has 196 valence electrons. The third-order valence-corrected chi connectivity index (χ3v) is 5.79. The number of benzene rings is 3. The molecule has 4 rings (SSSR count). The van der Waals surface area contributed by atoms with Gasteiger partial charge in [0.25, 0.3) is 5.91 Å². The van der Waals surface area contributed by atoms with Gasteiger partial charge in [-0.1, -0.05) is 42.5 Å². The molecule has 11 heteroatoms. The normalized spacial score (nSPS) is 12.1. The molecule has 0 aliphatic rings. The van der Waals surface area contributed by atoms with E-state index in [2.05, 4.69) is 20.0 Å². The number of hydrogen-bond donors (Lipinski definition) is 4. The molecule has 38 heavy (non-hydrogen) atoms. The predicted molar refractivity (Wildman–Crippen MR) is 134 cm³/mol. The summed E-state index contributed by atoms with van der Waals surface area (Å²) in [6.07, 6.45) is -3.40. The Morgan fingerprint density at radius 3 is 2.26 bits per heavy atom. The van der Waals surface area contributed by atoms with E-state index < -0.39 is 24.2 Å². The maximum atomic E-state index is 13.1. The van der Waals surface area contributed by atoms with Gasteiger partial charge in [-0.15, -0.1) is 13.2 Å². The van der Waals surface area contributed by atoms with Crippen molar-refractivity contribution in [1.82, 2.24) is 15.3 Å². The zero-order valence-electron chi connectivity index (χ0n) is 20.0. The van der Waals surface area contributed by atoms with E-state index in [1.165, 1.54) is 24.4 Å². The maximum absolute atomic E-state index is 13.1. The number of nitrogens with zero attached hydrogens (tertiary/aromatic N) is 1. The van der Waals surface area contributed by atoms with E-state index in [0.717, 1.165) is 5.56 Å². The number of nitrogens with one attached hydrogen (secondary N) is 2. The van der Waals surface area contributed by atoms with Crippen LogP contribution >= 0.6 is 0 Å². The van der Waals surface area contributed by atoms with Gasteiger partial charge in [-0.3, -0.25) is 9.59 Å². The Hall–Kier alpha value is -4.64. The highest BCUT2D eigenvalue weighted by Crippen LogP contribution is 2.30. The van der Waals surface area contributed by atoms with E-state index in [9.17, 15) is 22.8 Å². The van der Waals surface area contributed by atoms with E-state index in [4.69, 9.17) is 11.5 Å². The van der Waals surface area contributed by atoms with Gasteiger partial charge in [0.15, 0.2) is 0 Å². The van der Waals surface area contributed by atoms with E-state index in [0.29, 0.717) is 34.8 Å². The molecule has 0 saturated heterocycles. The number of carbonyl (C=O) groups is 2. The molecule has 0 saturated carbocycles. The highest BCUT2D eigenvalue weighted by Gasteiger charge is 2.32. The average molecular weight is 524 g/mol. The van der Waals surface area contributed by atoms with Crippen LogP contribution in [0.1, 0.15) is 43.7 Å². The lowest BCUT2D eigenvalue weighted by atomic mass is 10.0. The summed E-state index contributed by atoms with van der Waals surface area (Å²) in [4.78, 5) is 31.9. The largest absolute Gasteiger partial charge is 0.573 e. The van der Waals surface area contributed by atoms with Crippen LogP contribution in [0.5, 0.6) is 5.75 Å². The highest BCUT2D eigenvalue weighted by atomic mass is 19.4. The van der Waals surface area contributed by atoms with Gasteiger partial charge in [-0.25, -0.2) is 4.98 Å². The summed E-state index contributed by atoms with van der Waals surface area (Å²) >= 11 is 0. The number of rotatable bonds is 9. The molecule has 8 nitrogen and oxygen atoms in total. The zero-order chi connectivity index (χ0) is 27.3. The summed E-state index contributed by atoms with van der Waals surface area (Å²) < 4.78 is 43.2. The molecule has 1 aromatic heterocycles. The van der Waals surface area contributed by atoms with Crippen LogP contribution in [0.25, 0.3) is 11.3 Å². The Balaban J connectivity index is 1.65. The molecule has 1 atom stereocenters. The Kier molecular flexibility index (Phi) is 7.77. The van der Waals surface area contributed by atoms with Crippen molar-refractivity contribution >= 4 is 11.8 Å². The number of imidazole rings is 1. The van der Waals surface area contributed by atoms with E-state index in [1.54, 1.807) is 54.6 Å². The lowest BCUT2D eigenvalue weighted by Crippen LogP contribution is -2.31. The number of aromatic amines is 1. The van der Waals surface area contributed by atoms with E-state index >= 15 is 0 Å². The number of alkyl halides is 3. The Bertz CT molecular complexity index is 1420. The first-order valence-corrected chi connectivity index (χ1v) is 11.5. The molecule has 0 bridgehead atoms. The molecule has 0 aliphatic carbocycles. The quantitative estimate of drug-likeness (QED) is 0.260. The molecule has 4 aromatic rings. The molecule has 6 N–H and O–H groups in total. The number of carbonyl (C=O) groups excluding carboxylic acids is 2. The van der Waals surface area contributed by atoms with Crippen LogP contribution in [0.15, 0.2) is 79.0 Å². The minimum Gasteiger partial charge on any atom is -0.406 e. The number of halogens is 3. The van der Waals surface area contributed by atoms with Crippen molar-refractivity contribution in [2.24, 2.45) is 11.5 Å². The lowest BCUT2D eigenvalue weighted by Gasteiger charge is -2.20. The van der Waals surface area contributed by atoms with E-state index in [-0.39, 0.29) is 17.7 Å². The Morgan fingerprint density at radius 2 is 1.63 bits per heavy atom. The van der Waals surface area contributed by atoms with Crippen molar-refractivity contribution < 1.29 is 27.5 Å². The molecule has 0 aliphatic heterocycles. The maximum Gasteiger partial charge on any atom is 0.573 e. The minimum atomic E-state index is -4.88. The van der Waals surface area contributed by atoms with Crippen molar-refractivity contribution in [2.45, 2.75) is 25.4 Å². The van der Waals surface area contributed by atoms with Gasteiger partial charge in [0.05, 0.1) is 17.9 Å². The summed E-state index contributed by atoms with van der Waals surface area (Å²) in [7, 11) is 0. The number of primary amides is 1. The van der Waals surface area contributed by atoms with Gasteiger partial charge in [-0.05, 0) is 47.0 Å². The van der Waals surface area contributed by atoms with Gasteiger partial charge in [0.1, 0.15) is 11.6 Å². The molecular formula is C27H24F3N5O3. The van der Waals surface area contributed by atoms with Gasteiger partial charge in [0.2, 0.25) is 5.91 Å². The van der Waals surface area contributed by atoms with Crippen molar-refractivity contribution in [3.05, 3.63) is 107 Å². The first-order valence-electron chi connectivity index (χ1n) is 11.5. The standard InChI is InChI=1S/C27H24F3N5O3/c28-27(29,30)38-23-4-2-1-3-20(23)13-21(35-26(37)19-7-5-16(14-31)6-8-19)25-33-15-22(34-25)17-9-11-18(12-10-17)24(32)36/h1-12,15,21H,13-14,31H2,(H2,32,36)(H,33,34)(H,35,37)/t21-/m0/s1. The van der Waals surface area contributed by atoms with Crippen molar-refractivity contribution in [3.63, 3.8) is 0 Å². The molecule has 2 amide bonds. The third kappa shape index (κ3) is 6.56. The van der Waals surface area contributed by atoms with Gasteiger partial charge in [0, 0.05) is 24.1 Å². The van der Waals surface area contributed by atoms with Crippen molar-refractivity contribution in [1.29, 1.82) is 0 Å². The summed E-state index contributed by atoms with van der Waals surface area (Å²) in [5.41, 5.74) is 13.9. The fraction of sp³-hybridized carbons (Fsp3) is 0.148.